The van der Waals surface area contributed by atoms with Crippen molar-refractivity contribution in [2.24, 2.45) is 0 Å². The molecular formula is C48H31N3. The molecule has 0 bridgehead atoms. The quantitative estimate of drug-likeness (QED) is 0.180. The van der Waals surface area contributed by atoms with E-state index in [4.69, 9.17) is 0 Å². The first kappa shape index (κ1) is 28.0. The highest BCUT2D eigenvalue weighted by molar-refractivity contribution is 6.29. The van der Waals surface area contributed by atoms with E-state index in [2.05, 4.69) is 202 Å². The van der Waals surface area contributed by atoms with Gasteiger partial charge in [0.05, 0.1) is 33.1 Å². The van der Waals surface area contributed by atoms with E-state index < -0.39 is 0 Å². The van der Waals surface area contributed by atoms with Crippen LogP contribution in [-0.4, -0.2) is 13.7 Å². The monoisotopic (exact) mass is 649 g/mol. The molecule has 0 fully saturated rings. The third-order valence-electron chi connectivity index (χ3n) is 10.6. The maximum atomic E-state index is 2.44. The van der Waals surface area contributed by atoms with Crippen molar-refractivity contribution in [3.05, 3.63) is 188 Å². The van der Waals surface area contributed by atoms with Gasteiger partial charge in [0.15, 0.2) is 0 Å². The summed E-state index contributed by atoms with van der Waals surface area (Å²) in [6.07, 6.45) is 0. The molecule has 0 saturated carbocycles. The van der Waals surface area contributed by atoms with Gasteiger partial charge in [0.25, 0.3) is 0 Å². The van der Waals surface area contributed by atoms with E-state index in [9.17, 15) is 0 Å². The Labute approximate surface area is 294 Å². The van der Waals surface area contributed by atoms with Gasteiger partial charge in [0.1, 0.15) is 0 Å². The molecule has 0 atom stereocenters. The van der Waals surface area contributed by atoms with Crippen molar-refractivity contribution in [3.63, 3.8) is 0 Å². The van der Waals surface area contributed by atoms with Crippen LogP contribution in [0.5, 0.6) is 0 Å². The minimum absolute atomic E-state index is 1.15. The van der Waals surface area contributed by atoms with Crippen molar-refractivity contribution in [3.8, 4) is 28.2 Å². The fraction of sp³-hybridized carbons (Fsp3) is 0. The van der Waals surface area contributed by atoms with Gasteiger partial charge in [-0.05, 0) is 83.9 Å². The molecule has 0 unspecified atom stereocenters. The van der Waals surface area contributed by atoms with Crippen molar-refractivity contribution >= 4 is 65.4 Å². The Bertz CT molecular complexity index is 3070. The topological polar surface area (TPSA) is 14.8 Å². The smallest absolute Gasteiger partial charge is 0.0548 e. The van der Waals surface area contributed by atoms with E-state index in [0.29, 0.717) is 0 Å². The van der Waals surface area contributed by atoms with Crippen LogP contribution in [0.25, 0.3) is 93.6 Å². The summed E-state index contributed by atoms with van der Waals surface area (Å²) in [4.78, 5) is 0. The average molecular weight is 650 g/mol. The second kappa shape index (κ2) is 10.8. The Morgan fingerprint density at radius 1 is 0.235 bits per heavy atom. The first-order valence-electron chi connectivity index (χ1n) is 17.5. The third kappa shape index (κ3) is 4.06. The number of para-hydroxylation sites is 5. The van der Waals surface area contributed by atoms with Gasteiger partial charge in [0, 0.05) is 49.4 Å². The van der Waals surface area contributed by atoms with Gasteiger partial charge >= 0.3 is 0 Å². The molecular weight excluding hydrogens is 619 g/mol. The van der Waals surface area contributed by atoms with E-state index in [0.717, 1.165) is 11.4 Å². The molecule has 0 aliphatic heterocycles. The van der Waals surface area contributed by atoms with Gasteiger partial charge in [-0.1, -0.05) is 115 Å². The van der Waals surface area contributed by atoms with Crippen molar-refractivity contribution in [2.75, 3.05) is 0 Å². The zero-order chi connectivity index (χ0) is 33.5. The molecule has 3 heteroatoms. The largest absolute Gasteiger partial charge is 0.309 e. The third-order valence-corrected chi connectivity index (χ3v) is 10.6. The lowest BCUT2D eigenvalue weighted by Gasteiger charge is -2.11. The highest BCUT2D eigenvalue weighted by Gasteiger charge is 2.21. The van der Waals surface area contributed by atoms with Crippen LogP contribution in [0.15, 0.2) is 188 Å². The molecule has 0 amide bonds. The minimum Gasteiger partial charge on any atom is -0.309 e. The van der Waals surface area contributed by atoms with Crippen LogP contribution in [0.3, 0.4) is 0 Å². The molecule has 11 rings (SSSR count). The highest BCUT2D eigenvalue weighted by atomic mass is 15.0. The van der Waals surface area contributed by atoms with Crippen LogP contribution in [0, 0.1) is 0 Å². The van der Waals surface area contributed by atoms with E-state index >= 15 is 0 Å². The summed E-state index contributed by atoms with van der Waals surface area (Å²) in [5.41, 5.74) is 13.1. The van der Waals surface area contributed by atoms with Gasteiger partial charge in [-0.2, -0.15) is 0 Å². The lowest BCUT2D eigenvalue weighted by molar-refractivity contribution is 1.17. The molecule has 3 aromatic heterocycles. The molecule has 3 heterocycles. The Hall–Kier alpha value is -6.84. The predicted octanol–water partition coefficient (Wildman–Crippen LogP) is 12.6. The number of hydrogen-bond donors (Lipinski definition) is 0. The Balaban J connectivity index is 1.19. The van der Waals surface area contributed by atoms with E-state index in [-0.39, 0.29) is 0 Å². The lowest BCUT2D eigenvalue weighted by atomic mass is 10.0. The first-order chi connectivity index (χ1) is 25.3. The molecule has 11 aromatic rings. The summed E-state index contributed by atoms with van der Waals surface area (Å²) in [7, 11) is 0. The molecule has 0 N–H and O–H groups in total. The SMILES string of the molecule is c1ccc(-n2c3ccccc3c3c4c5ccc(-c6cccc(-n7c8ccccc8c8ccccc87)c6)cc5n(-c5ccccc5)c4ccc32)cc1. The molecule has 0 aliphatic carbocycles. The molecule has 8 aromatic carbocycles. The van der Waals surface area contributed by atoms with Crippen molar-refractivity contribution < 1.29 is 0 Å². The lowest BCUT2D eigenvalue weighted by Crippen LogP contribution is -1.95. The highest BCUT2D eigenvalue weighted by Crippen LogP contribution is 2.43. The average Bonchev–Trinajstić information content (AvgIpc) is 3.84. The van der Waals surface area contributed by atoms with E-state index in [1.165, 1.54) is 82.2 Å². The summed E-state index contributed by atoms with van der Waals surface area (Å²) >= 11 is 0. The van der Waals surface area contributed by atoms with Gasteiger partial charge < -0.3 is 13.7 Å². The maximum absolute atomic E-state index is 2.44. The normalized spacial score (nSPS) is 11.9. The summed E-state index contributed by atoms with van der Waals surface area (Å²) < 4.78 is 7.25. The standard InChI is InChI=1S/C48H31N3/c1-3-15-34(16-4-1)49-43-25-12-9-22-39(43)47-44(49)28-29-45-48(47)40-27-26-33(31-46(40)50(45)35-17-5-2-6-18-35)32-14-13-19-36(30-32)51-41-23-10-7-20-37(41)38-21-8-11-24-42(38)51/h1-31H. The van der Waals surface area contributed by atoms with Crippen molar-refractivity contribution in [2.45, 2.75) is 0 Å². The van der Waals surface area contributed by atoms with Crippen LogP contribution >= 0.6 is 0 Å². The van der Waals surface area contributed by atoms with Crippen molar-refractivity contribution in [1.82, 2.24) is 13.7 Å². The molecule has 51 heavy (non-hydrogen) atoms. The number of benzene rings is 8. The Morgan fingerprint density at radius 2 is 0.667 bits per heavy atom. The summed E-state index contributed by atoms with van der Waals surface area (Å²) in [5, 5.41) is 7.62. The molecule has 0 radical (unpaired) electrons. The number of aromatic nitrogens is 3. The summed E-state index contributed by atoms with van der Waals surface area (Å²) in [6.45, 7) is 0. The second-order valence-electron chi connectivity index (χ2n) is 13.4. The Morgan fingerprint density at radius 3 is 1.27 bits per heavy atom. The van der Waals surface area contributed by atoms with Crippen LogP contribution in [0.4, 0.5) is 0 Å². The zero-order valence-corrected chi connectivity index (χ0v) is 27.7. The Kier molecular flexibility index (Phi) is 5.96. The first-order valence-corrected chi connectivity index (χ1v) is 17.5. The zero-order valence-electron chi connectivity index (χ0n) is 27.7. The fourth-order valence-corrected chi connectivity index (χ4v) is 8.48. The fourth-order valence-electron chi connectivity index (χ4n) is 8.48. The van der Waals surface area contributed by atoms with Crippen LogP contribution in [0.1, 0.15) is 0 Å². The number of fused-ring (bicyclic) bond motifs is 10. The molecule has 3 nitrogen and oxygen atoms in total. The molecule has 0 spiro atoms. The van der Waals surface area contributed by atoms with Crippen LogP contribution in [0.2, 0.25) is 0 Å². The minimum atomic E-state index is 1.15. The van der Waals surface area contributed by atoms with Gasteiger partial charge in [-0.25, -0.2) is 0 Å². The van der Waals surface area contributed by atoms with Crippen LogP contribution in [-0.2, 0) is 0 Å². The summed E-state index contributed by atoms with van der Waals surface area (Å²) in [5.74, 6) is 0. The predicted molar refractivity (Wildman–Crippen MR) is 215 cm³/mol. The molecule has 0 aliphatic rings. The van der Waals surface area contributed by atoms with Gasteiger partial charge in [-0.15, -0.1) is 0 Å². The van der Waals surface area contributed by atoms with Crippen molar-refractivity contribution in [1.29, 1.82) is 0 Å². The van der Waals surface area contributed by atoms with Gasteiger partial charge in [0.2, 0.25) is 0 Å². The maximum Gasteiger partial charge on any atom is 0.0548 e. The number of nitrogens with zero attached hydrogens (tertiary/aromatic N) is 3. The number of rotatable bonds is 4. The number of hydrogen-bond acceptors (Lipinski definition) is 0. The summed E-state index contributed by atoms with van der Waals surface area (Å²) in [6, 6.07) is 68.4. The second-order valence-corrected chi connectivity index (χ2v) is 13.4. The van der Waals surface area contributed by atoms with E-state index in [1.54, 1.807) is 0 Å². The van der Waals surface area contributed by atoms with E-state index in [1.807, 2.05) is 0 Å². The van der Waals surface area contributed by atoms with Crippen LogP contribution < -0.4 is 0 Å². The molecule has 238 valence electrons. The van der Waals surface area contributed by atoms with Gasteiger partial charge in [-0.3, -0.25) is 0 Å². The molecule has 0 saturated heterocycles.